The lowest BCUT2D eigenvalue weighted by molar-refractivity contribution is -0.139. The molecule has 1 rings (SSSR count). The van der Waals surface area contributed by atoms with Gasteiger partial charge in [0.25, 0.3) is 0 Å². The van der Waals surface area contributed by atoms with E-state index in [9.17, 15) is 14.4 Å². The molecule has 1 aliphatic rings. The molecule has 0 bridgehead atoms. The Balaban J connectivity index is 0.00000192. The van der Waals surface area contributed by atoms with Crippen LogP contribution in [0.1, 0.15) is 73.6 Å². The smallest absolute Gasteiger partial charge is 0.331 e. The Kier molecular flexibility index (Phi) is 12.6. The highest BCUT2D eigenvalue weighted by Crippen LogP contribution is 2.22. The van der Waals surface area contributed by atoms with E-state index in [1.807, 2.05) is 32.7 Å². The quantitative estimate of drug-likeness (QED) is 0.611. The lowest BCUT2D eigenvalue weighted by Gasteiger charge is -2.37. The van der Waals surface area contributed by atoms with Gasteiger partial charge in [-0.3, -0.25) is 14.5 Å². The maximum atomic E-state index is 12.9. The Morgan fingerprint density at radius 1 is 1.20 bits per heavy atom. The SMILES string of the molecule is C/C(=C\CN(C)C(=O)C(NC(=O)[C@H]1CCCCN1C)C(C)(C)C)C(=O)O.CCCC. The normalized spacial score (nSPS) is 18.7. The van der Waals surface area contributed by atoms with Gasteiger partial charge in [-0.1, -0.05) is 60.0 Å². The van der Waals surface area contributed by atoms with Crippen LogP contribution >= 0.6 is 0 Å². The van der Waals surface area contributed by atoms with Crippen molar-refractivity contribution in [2.75, 3.05) is 27.2 Å². The maximum absolute atomic E-state index is 12.9. The van der Waals surface area contributed by atoms with Crippen LogP contribution in [0.5, 0.6) is 0 Å². The van der Waals surface area contributed by atoms with E-state index in [-0.39, 0.29) is 30.0 Å². The third-order valence-electron chi connectivity index (χ3n) is 5.36. The second-order valence-corrected chi connectivity index (χ2v) is 9.21. The second kappa shape index (κ2) is 13.4. The van der Waals surface area contributed by atoms with Crippen LogP contribution in [0.15, 0.2) is 11.6 Å². The first-order valence-corrected chi connectivity index (χ1v) is 11.0. The van der Waals surface area contributed by atoms with Gasteiger partial charge >= 0.3 is 5.97 Å². The molecular formula is C23H43N3O4. The number of nitrogens with zero attached hydrogens (tertiary/aromatic N) is 2. The Labute approximate surface area is 182 Å². The molecule has 0 aromatic heterocycles. The first-order valence-electron chi connectivity index (χ1n) is 11.0. The van der Waals surface area contributed by atoms with Crippen LogP contribution in [0, 0.1) is 5.41 Å². The van der Waals surface area contributed by atoms with Crippen molar-refractivity contribution in [3.05, 3.63) is 11.6 Å². The highest BCUT2D eigenvalue weighted by Gasteiger charge is 2.37. The molecule has 7 nitrogen and oxygen atoms in total. The summed E-state index contributed by atoms with van der Waals surface area (Å²) in [6.45, 7) is 12.6. The number of nitrogens with one attached hydrogen (secondary N) is 1. The maximum Gasteiger partial charge on any atom is 0.331 e. The summed E-state index contributed by atoms with van der Waals surface area (Å²) in [5.41, 5.74) is -0.274. The zero-order chi connectivity index (χ0) is 23.5. The number of hydrogen-bond acceptors (Lipinski definition) is 4. The molecule has 1 unspecified atom stereocenters. The third-order valence-corrected chi connectivity index (χ3v) is 5.36. The Hall–Kier alpha value is -1.89. The number of piperidine rings is 1. The van der Waals surface area contributed by atoms with Gasteiger partial charge in [-0.05, 0) is 38.8 Å². The summed E-state index contributed by atoms with van der Waals surface area (Å²) >= 11 is 0. The van der Waals surface area contributed by atoms with Gasteiger partial charge in [0.1, 0.15) is 6.04 Å². The lowest BCUT2D eigenvalue weighted by Crippen LogP contribution is -2.58. The fourth-order valence-corrected chi connectivity index (χ4v) is 2.97. The van der Waals surface area contributed by atoms with Gasteiger partial charge in [-0.25, -0.2) is 4.79 Å². The van der Waals surface area contributed by atoms with Crippen LogP contribution in [-0.2, 0) is 14.4 Å². The highest BCUT2D eigenvalue weighted by atomic mass is 16.4. The predicted octanol–water partition coefficient (Wildman–Crippen LogP) is 3.30. The van der Waals surface area contributed by atoms with Crippen molar-refractivity contribution in [2.24, 2.45) is 5.41 Å². The topological polar surface area (TPSA) is 90.0 Å². The van der Waals surface area contributed by atoms with E-state index < -0.39 is 17.4 Å². The van der Waals surface area contributed by atoms with Crippen molar-refractivity contribution in [3.8, 4) is 0 Å². The number of aliphatic carboxylic acids is 1. The number of rotatable bonds is 7. The van der Waals surface area contributed by atoms with Crippen molar-refractivity contribution in [1.82, 2.24) is 15.1 Å². The summed E-state index contributed by atoms with van der Waals surface area (Å²) in [7, 11) is 3.55. The summed E-state index contributed by atoms with van der Waals surface area (Å²) < 4.78 is 0. The Morgan fingerprint density at radius 3 is 2.20 bits per heavy atom. The van der Waals surface area contributed by atoms with Crippen molar-refractivity contribution in [3.63, 3.8) is 0 Å². The van der Waals surface area contributed by atoms with Crippen LogP contribution in [-0.4, -0.2) is 72.0 Å². The molecule has 0 radical (unpaired) electrons. The number of unbranched alkanes of at least 4 members (excludes halogenated alkanes) is 1. The Morgan fingerprint density at radius 2 is 1.77 bits per heavy atom. The largest absolute Gasteiger partial charge is 0.478 e. The molecule has 2 amide bonds. The molecule has 1 saturated heterocycles. The minimum Gasteiger partial charge on any atom is -0.478 e. The molecule has 0 aromatic carbocycles. The van der Waals surface area contributed by atoms with Gasteiger partial charge in [0.2, 0.25) is 11.8 Å². The number of likely N-dealkylation sites (tertiary alicyclic amines) is 1. The predicted molar refractivity (Wildman–Crippen MR) is 121 cm³/mol. The monoisotopic (exact) mass is 425 g/mol. The fourth-order valence-electron chi connectivity index (χ4n) is 2.97. The van der Waals surface area contributed by atoms with Crippen molar-refractivity contribution in [2.45, 2.75) is 85.7 Å². The third kappa shape index (κ3) is 9.74. The van der Waals surface area contributed by atoms with E-state index in [1.165, 1.54) is 30.7 Å². The van der Waals surface area contributed by atoms with E-state index in [4.69, 9.17) is 5.11 Å². The zero-order valence-corrected chi connectivity index (χ0v) is 20.2. The molecule has 7 heteroatoms. The molecule has 1 heterocycles. The number of carbonyl (C=O) groups excluding carboxylic acids is 2. The number of hydrogen-bond donors (Lipinski definition) is 2. The van der Waals surface area contributed by atoms with E-state index in [0.717, 1.165) is 25.8 Å². The van der Waals surface area contributed by atoms with Crippen LogP contribution in [0.25, 0.3) is 0 Å². The molecule has 1 aliphatic heterocycles. The van der Waals surface area contributed by atoms with Gasteiger partial charge in [-0.15, -0.1) is 0 Å². The van der Waals surface area contributed by atoms with Gasteiger partial charge in [-0.2, -0.15) is 0 Å². The van der Waals surface area contributed by atoms with Crippen LogP contribution in [0.3, 0.4) is 0 Å². The second-order valence-electron chi connectivity index (χ2n) is 9.21. The zero-order valence-electron chi connectivity index (χ0n) is 20.2. The first-order chi connectivity index (χ1) is 13.9. The minimum absolute atomic E-state index is 0.119. The number of carboxylic acids is 1. The molecule has 30 heavy (non-hydrogen) atoms. The molecule has 0 aromatic rings. The molecule has 0 saturated carbocycles. The van der Waals surface area contributed by atoms with Crippen LogP contribution in [0.4, 0.5) is 0 Å². The van der Waals surface area contributed by atoms with E-state index >= 15 is 0 Å². The molecule has 2 atom stereocenters. The van der Waals surface area contributed by atoms with E-state index in [0.29, 0.717) is 0 Å². The average Bonchev–Trinajstić information content (AvgIpc) is 2.68. The standard InChI is InChI=1S/C19H33N3O4.C4H10/c1-13(18(25)26)10-12-22(6)17(24)15(19(2,3)4)20-16(23)14-9-7-8-11-21(14)5;1-3-4-2/h10,14-15H,7-9,11-12H2,1-6H3,(H,20,23)(H,25,26);3-4H2,1-2H3/b13-10+;/t14-,15?;/m1./s1. The summed E-state index contributed by atoms with van der Waals surface area (Å²) in [5.74, 6) is -1.35. The number of amides is 2. The van der Waals surface area contributed by atoms with Crippen LogP contribution in [0.2, 0.25) is 0 Å². The average molecular weight is 426 g/mol. The molecule has 0 aliphatic carbocycles. The van der Waals surface area contributed by atoms with Crippen LogP contribution < -0.4 is 5.32 Å². The molecular weight excluding hydrogens is 382 g/mol. The number of likely N-dealkylation sites (N-methyl/N-ethyl adjacent to an activating group) is 2. The van der Waals surface area contributed by atoms with E-state index in [1.54, 1.807) is 7.05 Å². The fraction of sp³-hybridized carbons (Fsp3) is 0.783. The summed E-state index contributed by atoms with van der Waals surface area (Å²) in [5, 5.41) is 11.9. The van der Waals surface area contributed by atoms with E-state index in [2.05, 4.69) is 19.2 Å². The number of carbonyl (C=O) groups is 3. The van der Waals surface area contributed by atoms with Crippen molar-refractivity contribution < 1.29 is 19.5 Å². The molecule has 1 fully saturated rings. The van der Waals surface area contributed by atoms with Gasteiger partial charge in [0.05, 0.1) is 6.04 Å². The molecule has 0 spiro atoms. The van der Waals surface area contributed by atoms with Gasteiger partial charge in [0, 0.05) is 19.2 Å². The molecule has 174 valence electrons. The van der Waals surface area contributed by atoms with Crippen molar-refractivity contribution in [1.29, 1.82) is 0 Å². The Bertz CT molecular complexity index is 594. The first kappa shape index (κ1) is 28.1. The minimum atomic E-state index is -1.01. The van der Waals surface area contributed by atoms with Crippen molar-refractivity contribution >= 4 is 17.8 Å². The summed E-state index contributed by atoms with van der Waals surface area (Å²) in [4.78, 5) is 40.0. The summed E-state index contributed by atoms with van der Waals surface area (Å²) in [6, 6.07) is -0.880. The highest BCUT2D eigenvalue weighted by molar-refractivity contribution is 5.90. The summed E-state index contributed by atoms with van der Waals surface area (Å²) in [6.07, 6.45) is 7.02. The lowest BCUT2D eigenvalue weighted by atomic mass is 9.85. The molecule has 2 N–H and O–H groups in total. The van der Waals surface area contributed by atoms with Gasteiger partial charge in [0.15, 0.2) is 0 Å². The number of carboxylic acid groups (broad SMARTS) is 1. The van der Waals surface area contributed by atoms with Gasteiger partial charge < -0.3 is 15.3 Å².